The summed E-state index contributed by atoms with van der Waals surface area (Å²) in [5, 5.41) is 3.11. The van der Waals surface area contributed by atoms with E-state index in [1.165, 1.54) is 5.56 Å². The first kappa shape index (κ1) is 22.8. The van der Waals surface area contributed by atoms with E-state index in [1.54, 1.807) is 7.11 Å². The van der Waals surface area contributed by atoms with Gasteiger partial charge in [0.05, 0.1) is 26.3 Å². The standard InChI is InChI=1S/C24H34N2O3/c1-6-19-9-12-21(13-10-19)18(4)25-24(27)17-26(7-2)16-20-11-14-22(29-8-3)23(15-20)28-5/h9-15,18H,6-8,16-17H2,1-5H3,(H,25,27). The van der Waals surface area contributed by atoms with Gasteiger partial charge in [0.2, 0.25) is 5.91 Å². The van der Waals surface area contributed by atoms with Gasteiger partial charge in [0, 0.05) is 6.54 Å². The molecule has 0 aliphatic carbocycles. The van der Waals surface area contributed by atoms with Gasteiger partial charge in [0.25, 0.3) is 0 Å². The van der Waals surface area contributed by atoms with E-state index in [2.05, 4.69) is 48.3 Å². The summed E-state index contributed by atoms with van der Waals surface area (Å²) in [5.74, 6) is 1.48. The highest BCUT2D eigenvalue weighted by atomic mass is 16.5. The maximum Gasteiger partial charge on any atom is 0.234 e. The van der Waals surface area contributed by atoms with Gasteiger partial charge in [-0.05, 0) is 55.6 Å². The molecule has 1 unspecified atom stereocenters. The van der Waals surface area contributed by atoms with Crippen molar-refractivity contribution in [2.75, 3.05) is 26.8 Å². The summed E-state index contributed by atoms with van der Waals surface area (Å²) in [6.07, 6.45) is 1.02. The lowest BCUT2D eigenvalue weighted by atomic mass is 10.0. The molecule has 0 aromatic heterocycles. The highest BCUT2D eigenvalue weighted by Gasteiger charge is 2.14. The molecule has 0 fully saturated rings. The number of likely N-dealkylation sites (N-methyl/N-ethyl adjacent to an activating group) is 1. The third-order valence-electron chi connectivity index (χ3n) is 5.01. The van der Waals surface area contributed by atoms with Crippen LogP contribution in [-0.2, 0) is 17.8 Å². The second-order valence-electron chi connectivity index (χ2n) is 7.11. The summed E-state index contributed by atoms with van der Waals surface area (Å²) in [6.45, 7) is 10.6. The molecule has 0 radical (unpaired) electrons. The number of hydrogen-bond donors (Lipinski definition) is 1. The normalized spacial score (nSPS) is 11.9. The molecule has 2 rings (SSSR count). The fraction of sp³-hybridized carbons (Fsp3) is 0.458. The number of carbonyl (C=O) groups is 1. The van der Waals surface area contributed by atoms with Crippen LogP contribution in [0.4, 0.5) is 0 Å². The largest absolute Gasteiger partial charge is 0.493 e. The summed E-state index contributed by atoms with van der Waals surface area (Å²) >= 11 is 0. The van der Waals surface area contributed by atoms with Crippen molar-refractivity contribution in [3.63, 3.8) is 0 Å². The van der Waals surface area contributed by atoms with E-state index in [0.717, 1.165) is 29.8 Å². The smallest absolute Gasteiger partial charge is 0.234 e. The average Bonchev–Trinajstić information content (AvgIpc) is 2.74. The molecular formula is C24H34N2O3. The molecule has 0 aliphatic heterocycles. The zero-order chi connectivity index (χ0) is 21.2. The summed E-state index contributed by atoms with van der Waals surface area (Å²) in [6, 6.07) is 14.3. The third kappa shape index (κ3) is 6.79. The number of amides is 1. The van der Waals surface area contributed by atoms with Gasteiger partial charge in [0.15, 0.2) is 11.5 Å². The van der Waals surface area contributed by atoms with Crippen molar-refractivity contribution in [1.82, 2.24) is 10.2 Å². The van der Waals surface area contributed by atoms with Crippen molar-refractivity contribution in [3.05, 3.63) is 59.2 Å². The van der Waals surface area contributed by atoms with E-state index in [9.17, 15) is 4.79 Å². The van der Waals surface area contributed by atoms with Crippen molar-refractivity contribution in [2.45, 2.75) is 46.7 Å². The summed E-state index contributed by atoms with van der Waals surface area (Å²) < 4.78 is 11.0. The van der Waals surface area contributed by atoms with Gasteiger partial charge in [-0.3, -0.25) is 9.69 Å². The Balaban J connectivity index is 1.95. The maximum absolute atomic E-state index is 12.6. The van der Waals surface area contributed by atoms with Crippen LogP contribution in [0.2, 0.25) is 0 Å². The van der Waals surface area contributed by atoms with Crippen molar-refractivity contribution in [3.8, 4) is 11.5 Å². The van der Waals surface area contributed by atoms with Crippen molar-refractivity contribution >= 4 is 5.91 Å². The van der Waals surface area contributed by atoms with E-state index >= 15 is 0 Å². The van der Waals surface area contributed by atoms with Crippen LogP contribution in [0.25, 0.3) is 0 Å². The molecule has 2 aromatic rings. The zero-order valence-electron chi connectivity index (χ0n) is 18.3. The van der Waals surface area contributed by atoms with Gasteiger partial charge in [-0.2, -0.15) is 0 Å². The van der Waals surface area contributed by atoms with Gasteiger partial charge in [-0.25, -0.2) is 0 Å². The number of benzene rings is 2. The first-order valence-corrected chi connectivity index (χ1v) is 10.4. The zero-order valence-corrected chi connectivity index (χ0v) is 18.3. The average molecular weight is 399 g/mol. The number of hydrogen-bond acceptors (Lipinski definition) is 4. The summed E-state index contributed by atoms with van der Waals surface area (Å²) in [4.78, 5) is 14.7. The number of rotatable bonds is 11. The van der Waals surface area contributed by atoms with Crippen LogP contribution >= 0.6 is 0 Å². The van der Waals surface area contributed by atoms with E-state index in [0.29, 0.717) is 25.4 Å². The number of nitrogens with zero attached hydrogens (tertiary/aromatic N) is 1. The lowest BCUT2D eigenvalue weighted by molar-refractivity contribution is -0.123. The molecule has 0 spiro atoms. The number of ether oxygens (including phenoxy) is 2. The Bertz CT molecular complexity index is 774. The Labute approximate surface area is 175 Å². The van der Waals surface area contributed by atoms with Gasteiger partial charge < -0.3 is 14.8 Å². The second kappa shape index (κ2) is 11.5. The lowest BCUT2D eigenvalue weighted by Crippen LogP contribution is -2.38. The molecule has 0 aliphatic rings. The van der Waals surface area contributed by atoms with Gasteiger partial charge in [-0.15, -0.1) is 0 Å². The Hall–Kier alpha value is -2.53. The minimum Gasteiger partial charge on any atom is -0.493 e. The fourth-order valence-electron chi connectivity index (χ4n) is 3.24. The van der Waals surface area contributed by atoms with Crippen LogP contribution in [0, 0.1) is 0 Å². The highest BCUT2D eigenvalue weighted by Crippen LogP contribution is 2.28. The lowest BCUT2D eigenvalue weighted by Gasteiger charge is -2.22. The number of aryl methyl sites for hydroxylation is 1. The van der Waals surface area contributed by atoms with Crippen LogP contribution in [0.1, 0.15) is 50.4 Å². The van der Waals surface area contributed by atoms with Crippen LogP contribution in [0.5, 0.6) is 11.5 Å². The molecule has 0 heterocycles. The van der Waals surface area contributed by atoms with E-state index in [1.807, 2.05) is 32.0 Å². The fourth-order valence-corrected chi connectivity index (χ4v) is 3.24. The predicted molar refractivity (Wildman–Crippen MR) is 117 cm³/mol. The molecule has 1 amide bonds. The second-order valence-corrected chi connectivity index (χ2v) is 7.11. The van der Waals surface area contributed by atoms with Crippen molar-refractivity contribution in [2.24, 2.45) is 0 Å². The Morgan fingerprint density at radius 3 is 2.31 bits per heavy atom. The first-order valence-electron chi connectivity index (χ1n) is 10.4. The number of carbonyl (C=O) groups excluding carboxylic acids is 1. The molecule has 5 heteroatoms. The van der Waals surface area contributed by atoms with Crippen LogP contribution in [-0.4, -0.2) is 37.6 Å². The quantitative estimate of drug-likeness (QED) is 0.611. The van der Waals surface area contributed by atoms with Crippen molar-refractivity contribution < 1.29 is 14.3 Å². The number of methoxy groups -OCH3 is 1. The maximum atomic E-state index is 12.6. The molecule has 5 nitrogen and oxygen atoms in total. The monoisotopic (exact) mass is 398 g/mol. The van der Waals surface area contributed by atoms with Crippen LogP contribution < -0.4 is 14.8 Å². The van der Waals surface area contributed by atoms with Gasteiger partial charge >= 0.3 is 0 Å². The predicted octanol–water partition coefficient (Wildman–Crippen LogP) is 4.36. The molecule has 2 aromatic carbocycles. The van der Waals surface area contributed by atoms with E-state index in [-0.39, 0.29) is 11.9 Å². The Morgan fingerprint density at radius 2 is 1.72 bits per heavy atom. The summed E-state index contributed by atoms with van der Waals surface area (Å²) in [5.41, 5.74) is 3.51. The molecule has 0 saturated heterocycles. The van der Waals surface area contributed by atoms with Gasteiger partial charge in [-0.1, -0.05) is 44.2 Å². The van der Waals surface area contributed by atoms with Crippen LogP contribution in [0.15, 0.2) is 42.5 Å². The Kier molecular flexibility index (Phi) is 9.00. The molecule has 0 bridgehead atoms. The minimum atomic E-state index is -0.0160. The minimum absolute atomic E-state index is 0.0160. The molecule has 0 saturated carbocycles. The van der Waals surface area contributed by atoms with Gasteiger partial charge in [0.1, 0.15) is 0 Å². The van der Waals surface area contributed by atoms with E-state index in [4.69, 9.17) is 9.47 Å². The molecule has 158 valence electrons. The third-order valence-corrected chi connectivity index (χ3v) is 5.01. The molecule has 1 atom stereocenters. The number of nitrogens with one attached hydrogen (secondary N) is 1. The topological polar surface area (TPSA) is 50.8 Å². The molecule has 1 N–H and O–H groups in total. The highest BCUT2D eigenvalue weighted by molar-refractivity contribution is 5.78. The molecular weight excluding hydrogens is 364 g/mol. The van der Waals surface area contributed by atoms with Crippen LogP contribution in [0.3, 0.4) is 0 Å². The first-order chi connectivity index (χ1) is 14.0. The van der Waals surface area contributed by atoms with Crippen molar-refractivity contribution in [1.29, 1.82) is 0 Å². The van der Waals surface area contributed by atoms with E-state index < -0.39 is 0 Å². The Morgan fingerprint density at radius 1 is 1.03 bits per heavy atom. The molecule has 29 heavy (non-hydrogen) atoms. The SMILES string of the molecule is CCOc1ccc(CN(CC)CC(=O)NC(C)c2ccc(CC)cc2)cc1OC. The summed E-state index contributed by atoms with van der Waals surface area (Å²) in [7, 11) is 1.64.